The zero-order valence-electron chi connectivity index (χ0n) is 12.9. The molecule has 1 aromatic rings. The average molecular weight is 291 g/mol. The van der Waals surface area contributed by atoms with Gasteiger partial charge in [-0.25, -0.2) is 0 Å². The first-order chi connectivity index (χ1) is 9.51. The summed E-state index contributed by atoms with van der Waals surface area (Å²) in [5, 5.41) is 3.00. The monoisotopic (exact) mass is 291 g/mol. The van der Waals surface area contributed by atoms with Gasteiger partial charge in [0.15, 0.2) is 13.9 Å². The molecule has 20 heavy (non-hydrogen) atoms. The van der Waals surface area contributed by atoms with Crippen molar-refractivity contribution in [3.63, 3.8) is 0 Å². The lowest BCUT2D eigenvalue weighted by Gasteiger charge is -2.50. The van der Waals surface area contributed by atoms with E-state index < -0.39 is 13.9 Å². The molecule has 0 unspecified atom stereocenters. The van der Waals surface area contributed by atoms with E-state index >= 15 is 0 Å². The van der Waals surface area contributed by atoms with E-state index in [9.17, 15) is 4.79 Å². The van der Waals surface area contributed by atoms with Gasteiger partial charge < -0.3 is 9.74 Å². The summed E-state index contributed by atoms with van der Waals surface area (Å²) in [5.74, 6) is 0.0265. The van der Waals surface area contributed by atoms with Crippen molar-refractivity contribution < 1.29 is 9.22 Å². The van der Waals surface area contributed by atoms with Crippen molar-refractivity contribution in [1.29, 1.82) is 0 Å². The third-order valence-corrected chi connectivity index (χ3v) is 9.49. The summed E-state index contributed by atoms with van der Waals surface area (Å²) in [4.78, 5) is 12.1. The maximum atomic E-state index is 12.1. The SMILES string of the molecule is CC[Si](CC)(CC)O[C@@]1(C)C(=O)N[C@H]1c1ccccc1. The number of benzene rings is 1. The predicted octanol–water partition coefficient (Wildman–Crippen LogP) is 3.64. The number of nitrogens with one attached hydrogen (secondary N) is 1. The Morgan fingerprint density at radius 2 is 1.70 bits per heavy atom. The minimum absolute atomic E-state index is 0.0206. The molecule has 0 spiro atoms. The molecule has 1 N–H and O–H groups in total. The normalized spacial score (nSPS) is 26.0. The molecule has 1 aromatic carbocycles. The molecule has 0 saturated carbocycles. The third kappa shape index (κ3) is 2.42. The van der Waals surface area contributed by atoms with Crippen LogP contribution in [-0.2, 0) is 9.22 Å². The van der Waals surface area contributed by atoms with Gasteiger partial charge in [0.05, 0.1) is 6.04 Å². The second-order valence-electron chi connectivity index (χ2n) is 5.77. The minimum Gasteiger partial charge on any atom is -0.401 e. The van der Waals surface area contributed by atoms with Gasteiger partial charge in [-0.15, -0.1) is 0 Å². The smallest absolute Gasteiger partial charge is 0.253 e. The Bertz CT molecular complexity index is 464. The molecule has 0 aliphatic carbocycles. The predicted molar refractivity (Wildman–Crippen MR) is 84.0 cm³/mol. The number of hydrogen-bond acceptors (Lipinski definition) is 2. The van der Waals surface area contributed by atoms with Crippen molar-refractivity contribution in [2.75, 3.05) is 0 Å². The number of carbonyl (C=O) groups is 1. The Morgan fingerprint density at radius 3 is 2.15 bits per heavy atom. The fourth-order valence-corrected chi connectivity index (χ4v) is 6.08. The largest absolute Gasteiger partial charge is 0.401 e. The quantitative estimate of drug-likeness (QED) is 0.642. The van der Waals surface area contributed by atoms with Gasteiger partial charge in [-0.05, 0) is 30.6 Å². The van der Waals surface area contributed by atoms with Crippen molar-refractivity contribution >= 4 is 14.2 Å². The van der Waals surface area contributed by atoms with Crippen LogP contribution < -0.4 is 5.32 Å². The van der Waals surface area contributed by atoms with Gasteiger partial charge in [0, 0.05) is 0 Å². The highest BCUT2D eigenvalue weighted by Gasteiger charge is 2.56. The summed E-state index contributed by atoms with van der Waals surface area (Å²) in [6.45, 7) is 8.52. The maximum absolute atomic E-state index is 12.1. The molecule has 0 aromatic heterocycles. The number of amides is 1. The summed E-state index contributed by atoms with van der Waals surface area (Å²) < 4.78 is 6.52. The molecule has 110 valence electrons. The average Bonchev–Trinajstić information content (AvgIpc) is 2.51. The molecule has 2 rings (SSSR count). The Hall–Kier alpha value is -1.13. The number of hydrogen-bond donors (Lipinski definition) is 1. The van der Waals surface area contributed by atoms with Crippen molar-refractivity contribution in [1.82, 2.24) is 5.32 Å². The Balaban J connectivity index is 2.25. The van der Waals surface area contributed by atoms with E-state index in [2.05, 4.69) is 38.2 Å². The molecular formula is C16H25NO2Si. The summed E-state index contributed by atoms with van der Waals surface area (Å²) in [5.41, 5.74) is 0.427. The number of carbonyl (C=O) groups excluding carboxylic acids is 1. The van der Waals surface area contributed by atoms with Gasteiger partial charge in [0.2, 0.25) is 0 Å². The van der Waals surface area contributed by atoms with Gasteiger partial charge in [0.1, 0.15) is 0 Å². The fourth-order valence-electron chi connectivity index (χ4n) is 3.03. The molecule has 1 fully saturated rings. The van der Waals surface area contributed by atoms with Gasteiger partial charge in [-0.3, -0.25) is 4.79 Å². The second kappa shape index (κ2) is 5.70. The zero-order valence-corrected chi connectivity index (χ0v) is 13.9. The lowest BCUT2D eigenvalue weighted by Crippen LogP contribution is -2.69. The topological polar surface area (TPSA) is 38.3 Å². The van der Waals surface area contributed by atoms with Crippen LogP contribution >= 0.6 is 0 Å². The van der Waals surface area contributed by atoms with Gasteiger partial charge in [-0.1, -0.05) is 51.1 Å². The Kier molecular flexibility index (Phi) is 4.35. The first-order valence-electron chi connectivity index (χ1n) is 7.57. The van der Waals surface area contributed by atoms with Crippen LogP contribution in [0.3, 0.4) is 0 Å². The lowest BCUT2D eigenvalue weighted by molar-refractivity contribution is -0.155. The van der Waals surface area contributed by atoms with Crippen LogP contribution in [0.15, 0.2) is 30.3 Å². The molecule has 1 saturated heterocycles. The molecule has 1 aliphatic heterocycles. The van der Waals surface area contributed by atoms with Crippen LogP contribution in [0, 0.1) is 0 Å². The Morgan fingerprint density at radius 1 is 1.15 bits per heavy atom. The highest BCUT2D eigenvalue weighted by Crippen LogP contribution is 2.41. The van der Waals surface area contributed by atoms with E-state index in [4.69, 9.17) is 4.43 Å². The molecule has 1 amide bonds. The van der Waals surface area contributed by atoms with E-state index in [1.807, 2.05) is 25.1 Å². The molecule has 3 nitrogen and oxygen atoms in total. The first kappa shape index (κ1) is 15.3. The number of rotatable bonds is 6. The van der Waals surface area contributed by atoms with Crippen LogP contribution in [-0.4, -0.2) is 19.8 Å². The first-order valence-corrected chi connectivity index (χ1v) is 10.1. The highest BCUT2D eigenvalue weighted by atomic mass is 28.4. The van der Waals surface area contributed by atoms with Crippen LogP contribution in [0.1, 0.15) is 39.3 Å². The van der Waals surface area contributed by atoms with E-state index in [-0.39, 0.29) is 11.9 Å². The summed E-state index contributed by atoms with van der Waals surface area (Å²) in [7, 11) is -1.80. The molecule has 0 radical (unpaired) electrons. The van der Waals surface area contributed by atoms with Crippen LogP contribution in [0.2, 0.25) is 18.1 Å². The molecule has 1 heterocycles. The van der Waals surface area contributed by atoms with Crippen LogP contribution in [0.25, 0.3) is 0 Å². The fraction of sp³-hybridized carbons (Fsp3) is 0.562. The summed E-state index contributed by atoms with van der Waals surface area (Å²) >= 11 is 0. The molecule has 4 heteroatoms. The van der Waals surface area contributed by atoms with Gasteiger partial charge in [-0.2, -0.15) is 0 Å². The van der Waals surface area contributed by atoms with Gasteiger partial charge >= 0.3 is 0 Å². The van der Waals surface area contributed by atoms with Crippen molar-refractivity contribution in [2.45, 2.75) is 57.5 Å². The van der Waals surface area contributed by atoms with Gasteiger partial charge in [0.25, 0.3) is 5.91 Å². The van der Waals surface area contributed by atoms with Crippen LogP contribution in [0.4, 0.5) is 0 Å². The van der Waals surface area contributed by atoms with Crippen LogP contribution in [0.5, 0.6) is 0 Å². The van der Waals surface area contributed by atoms with Crippen molar-refractivity contribution in [2.24, 2.45) is 0 Å². The molecule has 1 aliphatic rings. The molecule has 2 atom stereocenters. The number of β-lactam (4-membered cyclic amide) rings is 1. The van der Waals surface area contributed by atoms with Crippen molar-refractivity contribution in [3.8, 4) is 0 Å². The third-order valence-electron chi connectivity index (χ3n) is 4.77. The second-order valence-corrected chi connectivity index (χ2v) is 10.5. The highest BCUT2D eigenvalue weighted by molar-refractivity contribution is 6.73. The summed E-state index contributed by atoms with van der Waals surface area (Å²) in [6.07, 6.45) is 0. The van der Waals surface area contributed by atoms with E-state index in [1.54, 1.807) is 0 Å². The summed E-state index contributed by atoms with van der Waals surface area (Å²) in [6, 6.07) is 13.3. The molecular weight excluding hydrogens is 266 g/mol. The Labute approximate surface area is 122 Å². The van der Waals surface area contributed by atoms with Crippen molar-refractivity contribution in [3.05, 3.63) is 35.9 Å². The lowest BCUT2D eigenvalue weighted by atomic mass is 9.82. The molecule has 0 bridgehead atoms. The maximum Gasteiger partial charge on any atom is 0.253 e. The van der Waals surface area contributed by atoms with E-state index in [1.165, 1.54) is 0 Å². The zero-order chi connectivity index (χ0) is 14.8. The van der Waals surface area contributed by atoms with E-state index in [0.29, 0.717) is 0 Å². The minimum atomic E-state index is -1.80. The standard InChI is InChI=1S/C16H25NO2Si/c1-5-20(6-2,7-3)19-16(4)14(17-15(16)18)13-11-9-8-10-12-13/h8-12,14H,5-7H2,1-4H3,(H,17,18)/t14-,16+/m0/s1. The van der Waals surface area contributed by atoms with E-state index in [0.717, 1.165) is 23.7 Å².